The number of thioether (sulfide) groups is 1. The fourth-order valence-corrected chi connectivity index (χ4v) is 4.32. The summed E-state index contributed by atoms with van der Waals surface area (Å²) in [6, 6.07) is 0.406. The largest absolute Gasteiger partial charge is 0.375 e. The Morgan fingerprint density at radius 1 is 1.36 bits per heavy atom. The van der Waals surface area contributed by atoms with Crippen molar-refractivity contribution in [2.24, 2.45) is 0 Å². The number of carbonyl (C=O) groups is 3. The van der Waals surface area contributed by atoms with E-state index in [0.29, 0.717) is 11.7 Å². The molecule has 2 rings (SSSR count). The van der Waals surface area contributed by atoms with Crippen LogP contribution in [-0.2, 0) is 14.3 Å². The second kappa shape index (κ2) is 8.38. The highest BCUT2D eigenvalue weighted by atomic mass is 32.2. The van der Waals surface area contributed by atoms with Gasteiger partial charge < -0.3 is 20.7 Å². The summed E-state index contributed by atoms with van der Waals surface area (Å²) < 4.78 is 4.67. The molecule has 2 saturated heterocycles. The molecule has 0 aromatic rings. The third-order valence-corrected chi connectivity index (χ3v) is 5.40. The second-order valence-electron chi connectivity index (χ2n) is 5.62. The average Bonchev–Trinajstić information content (AvgIpc) is 3.01. The van der Waals surface area contributed by atoms with E-state index >= 15 is 0 Å². The van der Waals surface area contributed by atoms with E-state index < -0.39 is 0 Å². The standard InChI is InChI=1S/C14H23N3O4S/c1-21-7-12(19)15-6-9(18)4-2-3-5-11-13-10(8-22-11)16-14(20)17-13/h10-11,13H,2-8H2,1H3,(H,15,19)(H2,16,17,20). The van der Waals surface area contributed by atoms with E-state index in [9.17, 15) is 14.4 Å². The number of carbonyl (C=O) groups excluding carboxylic acids is 3. The fraction of sp³-hybridized carbons (Fsp3) is 0.786. The molecule has 3 atom stereocenters. The molecule has 124 valence electrons. The Bertz CT molecular complexity index is 432. The molecule has 0 saturated carbocycles. The number of fused-ring (bicyclic) bond motifs is 1. The summed E-state index contributed by atoms with van der Waals surface area (Å²) in [7, 11) is 1.44. The van der Waals surface area contributed by atoms with Gasteiger partial charge in [-0.3, -0.25) is 9.59 Å². The average molecular weight is 329 g/mol. The van der Waals surface area contributed by atoms with Crippen LogP contribution in [0.15, 0.2) is 0 Å². The van der Waals surface area contributed by atoms with Gasteiger partial charge in [0.1, 0.15) is 6.61 Å². The lowest BCUT2D eigenvalue weighted by atomic mass is 10.0. The first-order chi connectivity index (χ1) is 10.6. The minimum atomic E-state index is -0.270. The first-order valence-electron chi connectivity index (χ1n) is 7.56. The third kappa shape index (κ3) is 4.88. The van der Waals surface area contributed by atoms with Crippen LogP contribution in [0.3, 0.4) is 0 Å². The molecule has 0 aromatic heterocycles. The Hall–Kier alpha value is -1.28. The molecule has 3 unspecified atom stereocenters. The van der Waals surface area contributed by atoms with Gasteiger partial charge in [0.25, 0.3) is 0 Å². The maximum absolute atomic E-state index is 11.6. The first kappa shape index (κ1) is 17.1. The van der Waals surface area contributed by atoms with Gasteiger partial charge in [0.15, 0.2) is 5.78 Å². The number of hydrogen-bond acceptors (Lipinski definition) is 5. The summed E-state index contributed by atoms with van der Waals surface area (Å²) in [4.78, 5) is 34.1. The van der Waals surface area contributed by atoms with Crippen molar-refractivity contribution in [1.82, 2.24) is 16.0 Å². The van der Waals surface area contributed by atoms with Gasteiger partial charge in [-0.05, 0) is 12.8 Å². The molecule has 8 heteroatoms. The number of urea groups is 1. The van der Waals surface area contributed by atoms with Gasteiger partial charge in [0, 0.05) is 24.5 Å². The van der Waals surface area contributed by atoms with Crippen LogP contribution in [-0.4, -0.2) is 61.1 Å². The zero-order valence-corrected chi connectivity index (χ0v) is 13.5. The van der Waals surface area contributed by atoms with Crippen molar-refractivity contribution >= 4 is 29.5 Å². The predicted octanol–water partition coefficient (Wildman–Crippen LogP) is 0.0439. The van der Waals surface area contributed by atoms with Crippen LogP contribution >= 0.6 is 11.8 Å². The van der Waals surface area contributed by atoms with Crippen molar-refractivity contribution in [2.45, 2.75) is 43.0 Å². The van der Waals surface area contributed by atoms with E-state index in [0.717, 1.165) is 25.0 Å². The van der Waals surface area contributed by atoms with E-state index in [1.165, 1.54) is 7.11 Å². The second-order valence-corrected chi connectivity index (χ2v) is 6.89. The van der Waals surface area contributed by atoms with Gasteiger partial charge in [-0.25, -0.2) is 4.79 Å². The van der Waals surface area contributed by atoms with Crippen LogP contribution in [0.5, 0.6) is 0 Å². The SMILES string of the molecule is COCC(=O)NCC(=O)CCCCC1SCC2NC(=O)NC21. The lowest BCUT2D eigenvalue weighted by molar-refractivity contribution is -0.127. The minimum Gasteiger partial charge on any atom is -0.375 e. The van der Waals surface area contributed by atoms with Gasteiger partial charge in [-0.1, -0.05) is 6.42 Å². The van der Waals surface area contributed by atoms with Gasteiger partial charge in [-0.2, -0.15) is 11.8 Å². The summed E-state index contributed by atoms with van der Waals surface area (Å²) in [6.45, 7) is 0.0551. The van der Waals surface area contributed by atoms with E-state index in [2.05, 4.69) is 20.7 Å². The van der Waals surface area contributed by atoms with Crippen LogP contribution in [0.1, 0.15) is 25.7 Å². The van der Waals surface area contributed by atoms with Crippen LogP contribution < -0.4 is 16.0 Å². The van der Waals surface area contributed by atoms with Crippen LogP contribution in [0.4, 0.5) is 4.79 Å². The number of ketones is 1. The van der Waals surface area contributed by atoms with E-state index in [1.54, 1.807) is 0 Å². The molecule has 2 fully saturated rings. The summed E-state index contributed by atoms with van der Waals surface area (Å²) in [6.07, 6.45) is 3.24. The normalized spacial score (nSPS) is 26.2. The molecule has 0 aromatic carbocycles. The Labute approximate surface area is 134 Å². The molecule has 0 spiro atoms. The molecular formula is C14H23N3O4S. The van der Waals surface area contributed by atoms with E-state index in [-0.39, 0.29) is 43.0 Å². The topological polar surface area (TPSA) is 96.5 Å². The molecule has 2 heterocycles. The minimum absolute atomic E-state index is 0.0194. The lowest BCUT2D eigenvalue weighted by Crippen LogP contribution is -2.36. The van der Waals surface area contributed by atoms with Gasteiger partial charge in [0.05, 0.1) is 18.6 Å². The number of rotatable bonds is 9. The highest BCUT2D eigenvalue weighted by Gasteiger charge is 2.42. The number of amides is 3. The van der Waals surface area contributed by atoms with Crippen molar-refractivity contribution in [3.8, 4) is 0 Å². The van der Waals surface area contributed by atoms with E-state index in [1.807, 2.05) is 11.8 Å². The third-order valence-electron chi connectivity index (χ3n) is 3.89. The molecule has 3 amide bonds. The molecule has 0 aliphatic carbocycles. The van der Waals surface area contributed by atoms with Crippen molar-refractivity contribution < 1.29 is 19.1 Å². The van der Waals surface area contributed by atoms with Crippen molar-refractivity contribution in [1.29, 1.82) is 0 Å². The van der Waals surface area contributed by atoms with E-state index in [4.69, 9.17) is 0 Å². The first-order valence-corrected chi connectivity index (χ1v) is 8.61. The molecule has 2 aliphatic heterocycles. The maximum Gasteiger partial charge on any atom is 0.315 e. The monoisotopic (exact) mass is 329 g/mol. The van der Waals surface area contributed by atoms with Gasteiger partial charge in [0.2, 0.25) is 5.91 Å². The number of ether oxygens (including phenoxy) is 1. The maximum atomic E-state index is 11.6. The molecule has 0 bridgehead atoms. The Morgan fingerprint density at radius 3 is 2.95 bits per heavy atom. The molecule has 0 radical (unpaired) electrons. The lowest BCUT2D eigenvalue weighted by Gasteiger charge is -2.16. The Morgan fingerprint density at radius 2 is 2.18 bits per heavy atom. The van der Waals surface area contributed by atoms with Crippen molar-refractivity contribution in [2.75, 3.05) is 26.0 Å². The summed E-state index contributed by atoms with van der Waals surface area (Å²) >= 11 is 1.88. The molecule has 3 N–H and O–H groups in total. The number of methoxy groups -OCH3 is 1. The molecule has 7 nitrogen and oxygen atoms in total. The summed E-state index contributed by atoms with van der Waals surface area (Å²) in [5, 5.41) is 8.84. The zero-order chi connectivity index (χ0) is 15.9. The van der Waals surface area contributed by atoms with Crippen molar-refractivity contribution in [3.63, 3.8) is 0 Å². The Balaban J connectivity index is 1.55. The summed E-state index contributed by atoms with van der Waals surface area (Å²) in [5.41, 5.74) is 0. The smallest absolute Gasteiger partial charge is 0.315 e. The Kier molecular flexibility index (Phi) is 6.50. The molecule has 22 heavy (non-hydrogen) atoms. The van der Waals surface area contributed by atoms with Gasteiger partial charge >= 0.3 is 6.03 Å². The van der Waals surface area contributed by atoms with Gasteiger partial charge in [-0.15, -0.1) is 0 Å². The fourth-order valence-electron chi connectivity index (χ4n) is 2.78. The van der Waals surface area contributed by atoms with Crippen LogP contribution in [0, 0.1) is 0 Å². The molecule has 2 aliphatic rings. The molecular weight excluding hydrogens is 306 g/mol. The predicted molar refractivity (Wildman–Crippen MR) is 83.9 cm³/mol. The number of Topliss-reactive ketones (excluding diaryl/α,β-unsaturated/α-hetero) is 1. The zero-order valence-electron chi connectivity index (χ0n) is 12.7. The van der Waals surface area contributed by atoms with Crippen LogP contribution in [0.25, 0.3) is 0 Å². The van der Waals surface area contributed by atoms with Crippen LogP contribution in [0.2, 0.25) is 0 Å². The number of nitrogens with one attached hydrogen (secondary N) is 3. The highest BCUT2D eigenvalue weighted by Crippen LogP contribution is 2.33. The number of unbranched alkanes of at least 4 members (excludes halogenated alkanes) is 1. The summed E-state index contributed by atoms with van der Waals surface area (Å²) in [5.74, 6) is 0.726. The quantitative estimate of drug-likeness (QED) is 0.410. The van der Waals surface area contributed by atoms with Crippen molar-refractivity contribution in [3.05, 3.63) is 0 Å². The highest BCUT2D eigenvalue weighted by molar-refractivity contribution is 8.00. The number of hydrogen-bond donors (Lipinski definition) is 3.